The summed E-state index contributed by atoms with van der Waals surface area (Å²) in [4.78, 5) is 37.3. The minimum Gasteiger partial charge on any atom is -0.465 e. The third-order valence-electron chi connectivity index (χ3n) is 4.65. The van der Waals surface area contributed by atoms with Crippen molar-refractivity contribution in [3.8, 4) is 0 Å². The van der Waals surface area contributed by atoms with Crippen LogP contribution in [0, 0.1) is 0 Å². The van der Waals surface area contributed by atoms with E-state index in [2.05, 4.69) is 15.4 Å². The number of anilines is 2. The lowest BCUT2D eigenvalue weighted by atomic mass is 10.0. The molecule has 31 heavy (non-hydrogen) atoms. The van der Waals surface area contributed by atoms with Crippen molar-refractivity contribution in [2.24, 2.45) is 0 Å². The highest BCUT2D eigenvalue weighted by Crippen LogP contribution is 2.13. The maximum atomic E-state index is 12.9. The minimum absolute atomic E-state index is 0.313. The molecular weight excluding hydrogens is 394 g/mol. The zero-order chi connectivity index (χ0) is 22.2. The zero-order valence-electron chi connectivity index (χ0n) is 17.0. The van der Waals surface area contributed by atoms with Crippen LogP contribution in [0.1, 0.15) is 26.3 Å². The number of carbonyl (C=O) groups is 3. The van der Waals surface area contributed by atoms with Gasteiger partial charge in [0.05, 0.1) is 12.7 Å². The van der Waals surface area contributed by atoms with Gasteiger partial charge in [0.25, 0.3) is 5.91 Å². The van der Waals surface area contributed by atoms with E-state index in [0.717, 1.165) is 5.56 Å². The second-order valence-electron chi connectivity index (χ2n) is 6.90. The number of methoxy groups -OCH3 is 1. The number of nitrogens with two attached hydrogens (primary N) is 1. The van der Waals surface area contributed by atoms with Gasteiger partial charge in [0.2, 0.25) is 5.91 Å². The van der Waals surface area contributed by atoms with Gasteiger partial charge in [-0.15, -0.1) is 0 Å². The van der Waals surface area contributed by atoms with E-state index in [0.29, 0.717) is 28.9 Å². The molecule has 0 bridgehead atoms. The summed E-state index contributed by atoms with van der Waals surface area (Å²) in [6.07, 6.45) is 0.313. The third kappa shape index (κ3) is 5.93. The molecular formula is C24H23N3O4. The van der Waals surface area contributed by atoms with E-state index < -0.39 is 17.9 Å². The second-order valence-corrected chi connectivity index (χ2v) is 6.90. The third-order valence-corrected chi connectivity index (χ3v) is 4.65. The molecule has 3 rings (SSSR count). The Morgan fingerprint density at radius 3 is 2.10 bits per heavy atom. The Kier molecular flexibility index (Phi) is 7.01. The van der Waals surface area contributed by atoms with Crippen molar-refractivity contribution in [2.45, 2.75) is 12.5 Å². The average molecular weight is 417 g/mol. The fourth-order valence-corrected chi connectivity index (χ4v) is 2.97. The summed E-state index contributed by atoms with van der Waals surface area (Å²) in [5.74, 6) is -1.27. The predicted octanol–water partition coefficient (Wildman–Crippen LogP) is 3.04. The van der Waals surface area contributed by atoms with E-state index in [1.807, 2.05) is 30.3 Å². The Bertz CT molecular complexity index is 1050. The number of nitrogen functional groups attached to an aromatic ring is 1. The quantitative estimate of drug-likeness (QED) is 0.404. The summed E-state index contributed by atoms with van der Waals surface area (Å²) in [5, 5.41) is 5.59. The summed E-state index contributed by atoms with van der Waals surface area (Å²) in [5.41, 5.74) is 8.42. The Balaban J connectivity index is 1.76. The molecule has 7 heteroatoms. The number of rotatable bonds is 7. The van der Waals surface area contributed by atoms with E-state index >= 15 is 0 Å². The Labute approximate surface area is 180 Å². The first kappa shape index (κ1) is 21.6. The van der Waals surface area contributed by atoms with Crippen molar-refractivity contribution < 1.29 is 19.1 Å². The molecule has 1 atom stereocenters. The van der Waals surface area contributed by atoms with Gasteiger partial charge < -0.3 is 21.1 Å². The number of benzene rings is 3. The molecule has 0 spiro atoms. The molecule has 2 amide bonds. The van der Waals surface area contributed by atoms with E-state index in [1.165, 1.54) is 31.4 Å². The van der Waals surface area contributed by atoms with Gasteiger partial charge in [-0.25, -0.2) is 4.79 Å². The van der Waals surface area contributed by atoms with Crippen LogP contribution in [0.25, 0.3) is 0 Å². The first-order valence-electron chi connectivity index (χ1n) is 9.66. The van der Waals surface area contributed by atoms with Crippen LogP contribution in [0.4, 0.5) is 11.4 Å². The van der Waals surface area contributed by atoms with Gasteiger partial charge in [-0.3, -0.25) is 9.59 Å². The van der Waals surface area contributed by atoms with Crippen molar-refractivity contribution in [2.75, 3.05) is 18.2 Å². The maximum absolute atomic E-state index is 12.9. The van der Waals surface area contributed by atoms with E-state index in [9.17, 15) is 14.4 Å². The van der Waals surface area contributed by atoms with Gasteiger partial charge in [-0.1, -0.05) is 30.3 Å². The fraction of sp³-hybridized carbons (Fsp3) is 0.125. The van der Waals surface area contributed by atoms with Gasteiger partial charge in [-0.05, 0) is 54.1 Å². The van der Waals surface area contributed by atoms with E-state index in [-0.39, 0.29) is 5.91 Å². The number of hydrogen-bond acceptors (Lipinski definition) is 5. The number of carbonyl (C=O) groups excluding carboxylic acids is 3. The summed E-state index contributed by atoms with van der Waals surface area (Å²) in [7, 11) is 1.29. The highest BCUT2D eigenvalue weighted by molar-refractivity contribution is 6.01. The SMILES string of the molecule is COC(=O)c1ccc(C(=O)NC(Cc2ccccc2)C(=O)Nc2ccc(N)cc2)cc1. The van der Waals surface area contributed by atoms with Gasteiger partial charge >= 0.3 is 5.97 Å². The minimum atomic E-state index is -0.812. The molecule has 0 aliphatic rings. The van der Waals surface area contributed by atoms with Crippen molar-refractivity contribution >= 4 is 29.2 Å². The van der Waals surface area contributed by atoms with Crippen LogP contribution < -0.4 is 16.4 Å². The molecule has 158 valence electrons. The molecule has 0 saturated carbocycles. The Morgan fingerprint density at radius 1 is 0.871 bits per heavy atom. The molecule has 0 radical (unpaired) electrons. The molecule has 3 aromatic rings. The number of nitrogens with one attached hydrogen (secondary N) is 2. The zero-order valence-corrected chi connectivity index (χ0v) is 17.0. The Hall–Kier alpha value is -4.13. The number of hydrogen-bond donors (Lipinski definition) is 3. The van der Waals surface area contributed by atoms with Gasteiger partial charge in [0, 0.05) is 23.4 Å². The fourth-order valence-electron chi connectivity index (χ4n) is 2.97. The van der Waals surface area contributed by atoms with E-state index in [4.69, 9.17) is 5.73 Å². The Morgan fingerprint density at radius 2 is 1.48 bits per heavy atom. The van der Waals surface area contributed by atoms with Crippen LogP contribution in [0.2, 0.25) is 0 Å². The van der Waals surface area contributed by atoms with Crippen LogP contribution in [0.15, 0.2) is 78.9 Å². The van der Waals surface area contributed by atoms with Crippen molar-refractivity contribution in [3.05, 3.63) is 95.6 Å². The van der Waals surface area contributed by atoms with Crippen LogP contribution in [-0.4, -0.2) is 30.9 Å². The first-order chi connectivity index (χ1) is 15.0. The number of amides is 2. The van der Waals surface area contributed by atoms with E-state index in [1.54, 1.807) is 24.3 Å². The van der Waals surface area contributed by atoms with Gasteiger partial charge in [0.15, 0.2) is 0 Å². The average Bonchev–Trinajstić information content (AvgIpc) is 2.80. The molecule has 0 aromatic heterocycles. The molecule has 0 aliphatic carbocycles. The van der Waals surface area contributed by atoms with Crippen molar-refractivity contribution in [3.63, 3.8) is 0 Å². The van der Waals surface area contributed by atoms with Crippen molar-refractivity contribution in [1.82, 2.24) is 5.32 Å². The predicted molar refractivity (Wildman–Crippen MR) is 119 cm³/mol. The molecule has 1 unspecified atom stereocenters. The number of esters is 1. The lowest BCUT2D eigenvalue weighted by Crippen LogP contribution is -2.45. The van der Waals surface area contributed by atoms with Gasteiger partial charge in [-0.2, -0.15) is 0 Å². The topological polar surface area (TPSA) is 111 Å². The molecule has 3 aromatic carbocycles. The van der Waals surface area contributed by atoms with Crippen molar-refractivity contribution in [1.29, 1.82) is 0 Å². The summed E-state index contributed by atoms with van der Waals surface area (Å²) < 4.78 is 4.66. The molecule has 0 heterocycles. The molecule has 0 aliphatic heterocycles. The monoisotopic (exact) mass is 417 g/mol. The van der Waals surface area contributed by atoms with Crippen LogP contribution in [0.5, 0.6) is 0 Å². The lowest BCUT2D eigenvalue weighted by Gasteiger charge is -2.19. The second kappa shape index (κ2) is 10.1. The maximum Gasteiger partial charge on any atom is 0.337 e. The summed E-state index contributed by atoms with van der Waals surface area (Å²) in [6.45, 7) is 0. The van der Waals surface area contributed by atoms with Crippen LogP contribution in [0.3, 0.4) is 0 Å². The molecule has 0 saturated heterocycles. The van der Waals surface area contributed by atoms with Crippen LogP contribution >= 0.6 is 0 Å². The highest BCUT2D eigenvalue weighted by atomic mass is 16.5. The molecule has 7 nitrogen and oxygen atoms in total. The highest BCUT2D eigenvalue weighted by Gasteiger charge is 2.22. The largest absolute Gasteiger partial charge is 0.465 e. The lowest BCUT2D eigenvalue weighted by molar-refractivity contribution is -0.118. The smallest absolute Gasteiger partial charge is 0.337 e. The summed E-state index contributed by atoms with van der Waals surface area (Å²) >= 11 is 0. The van der Waals surface area contributed by atoms with Gasteiger partial charge in [0.1, 0.15) is 6.04 Å². The number of ether oxygens (including phenoxy) is 1. The van der Waals surface area contributed by atoms with Crippen LogP contribution in [-0.2, 0) is 16.0 Å². The summed E-state index contributed by atoms with van der Waals surface area (Å²) in [6, 6.07) is 21.4. The molecule has 0 fully saturated rings. The first-order valence-corrected chi connectivity index (χ1v) is 9.66. The normalized spacial score (nSPS) is 11.3. The molecule has 4 N–H and O–H groups in total. The standard InChI is InChI=1S/C24H23N3O4/c1-31-24(30)18-9-7-17(8-10-18)22(28)27-21(15-16-5-3-2-4-6-16)23(29)26-20-13-11-19(25)12-14-20/h2-14,21H,15,25H2,1H3,(H,26,29)(H,27,28).